The molecule has 1 aromatic carbocycles. The maximum Gasteiger partial charge on any atom is 0.407 e. The maximum atomic E-state index is 11.8. The number of ether oxygens (including phenoxy) is 1. The summed E-state index contributed by atoms with van der Waals surface area (Å²) in [4.78, 5) is 16.3. The third-order valence-electron chi connectivity index (χ3n) is 4.00. The Morgan fingerprint density at radius 1 is 1.26 bits per heavy atom. The van der Waals surface area contributed by atoms with E-state index in [9.17, 15) is 4.79 Å². The van der Waals surface area contributed by atoms with Crippen LogP contribution in [0.25, 0.3) is 11.3 Å². The van der Waals surface area contributed by atoms with Gasteiger partial charge in [0.05, 0.1) is 11.3 Å². The Balaban J connectivity index is 2.20. The highest BCUT2D eigenvalue weighted by Crippen LogP contribution is 2.31. The number of rotatable bonds is 5. The van der Waals surface area contributed by atoms with Gasteiger partial charge in [-0.25, -0.2) is 4.79 Å². The van der Waals surface area contributed by atoms with Crippen LogP contribution < -0.4 is 5.32 Å². The average Bonchev–Trinajstić information content (AvgIpc) is 2.60. The first-order chi connectivity index (χ1) is 12.7. The van der Waals surface area contributed by atoms with E-state index in [1.165, 1.54) is 11.1 Å². The average molecular weight is 365 g/mol. The zero-order valence-corrected chi connectivity index (χ0v) is 16.7. The molecule has 2 aromatic rings. The van der Waals surface area contributed by atoms with E-state index in [-0.39, 0.29) is 0 Å². The van der Waals surface area contributed by atoms with Gasteiger partial charge in [-0.05, 0) is 56.4 Å². The maximum absolute atomic E-state index is 11.8. The summed E-state index contributed by atoms with van der Waals surface area (Å²) in [5.41, 5.74) is 4.32. The van der Waals surface area contributed by atoms with Gasteiger partial charge in [0, 0.05) is 18.3 Å². The van der Waals surface area contributed by atoms with Crippen LogP contribution in [0.5, 0.6) is 0 Å². The SMILES string of the molecule is CC(C)c1c(CCNC(=O)OC(C)(C)C)cccc1-c1ccc(C#N)cn1. The summed E-state index contributed by atoms with van der Waals surface area (Å²) in [5.74, 6) is 0.301. The smallest absolute Gasteiger partial charge is 0.407 e. The summed E-state index contributed by atoms with van der Waals surface area (Å²) in [5, 5.41) is 11.8. The molecule has 142 valence electrons. The van der Waals surface area contributed by atoms with Crippen molar-refractivity contribution in [2.75, 3.05) is 6.54 Å². The standard InChI is InChI=1S/C22H27N3O2/c1-15(2)20-17(11-12-24-21(26)27-22(3,4)5)7-6-8-18(20)19-10-9-16(13-23)14-25-19/h6-10,14-15H,11-12H2,1-5H3,(H,24,26). The number of pyridine rings is 1. The van der Waals surface area contributed by atoms with Gasteiger partial charge in [0.25, 0.3) is 0 Å². The number of carbonyl (C=O) groups excluding carboxylic acids is 1. The largest absolute Gasteiger partial charge is 0.444 e. The second-order valence-electron chi connectivity index (χ2n) is 7.76. The van der Waals surface area contributed by atoms with E-state index < -0.39 is 11.7 Å². The van der Waals surface area contributed by atoms with Crippen LogP contribution in [0.3, 0.4) is 0 Å². The topological polar surface area (TPSA) is 75.0 Å². The van der Waals surface area contributed by atoms with Crippen LogP contribution in [-0.2, 0) is 11.2 Å². The lowest BCUT2D eigenvalue weighted by atomic mass is 9.89. The van der Waals surface area contributed by atoms with Crippen LogP contribution >= 0.6 is 0 Å². The van der Waals surface area contributed by atoms with Gasteiger partial charge < -0.3 is 10.1 Å². The number of benzene rings is 1. The second kappa shape index (κ2) is 8.68. The van der Waals surface area contributed by atoms with Gasteiger partial charge >= 0.3 is 6.09 Å². The van der Waals surface area contributed by atoms with Crippen LogP contribution in [0.1, 0.15) is 57.2 Å². The number of aromatic nitrogens is 1. The lowest BCUT2D eigenvalue weighted by molar-refractivity contribution is 0.0528. The number of nitrogens with one attached hydrogen (secondary N) is 1. The van der Waals surface area contributed by atoms with Gasteiger partial charge in [-0.1, -0.05) is 32.0 Å². The Kier molecular flexibility index (Phi) is 6.57. The number of hydrogen-bond acceptors (Lipinski definition) is 4. The molecule has 27 heavy (non-hydrogen) atoms. The van der Waals surface area contributed by atoms with E-state index in [1.807, 2.05) is 32.9 Å². The van der Waals surface area contributed by atoms with Crippen molar-refractivity contribution in [3.05, 3.63) is 53.2 Å². The fourth-order valence-electron chi connectivity index (χ4n) is 2.97. The number of nitriles is 1. The highest BCUT2D eigenvalue weighted by atomic mass is 16.6. The van der Waals surface area contributed by atoms with E-state index in [4.69, 9.17) is 10.00 Å². The highest BCUT2D eigenvalue weighted by molar-refractivity contribution is 5.68. The first-order valence-electron chi connectivity index (χ1n) is 9.16. The van der Waals surface area contributed by atoms with Gasteiger partial charge in [-0.2, -0.15) is 5.26 Å². The molecule has 0 radical (unpaired) electrons. The van der Waals surface area contributed by atoms with Crippen LogP contribution in [0.15, 0.2) is 36.5 Å². The van der Waals surface area contributed by atoms with Gasteiger partial charge in [-0.15, -0.1) is 0 Å². The van der Waals surface area contributed by atoms with E-state index in [1.54, 1.807) is 12.3 Å². The van der Waals surface area contributed by atoms with Crippen molar-refractivity contribution < 1.29 is 9.53 Å². The first kappa shape index (κ1) is 20.4. The molecule has 2 rings (SSSR count). The molecule has 0 aliphatic carbocycles. The molecule has 1 N–H and O–H groups in total. The van der Waals surface area contributed by atoms with Crippen LogP contribution in [0.2, 0.25) is 0 Å². The summed E-state index contributed by atoms with van der Waals surface area (Å²) < 4.78 is 5.28. The Morgan fingerprint density at radius 2 is 2.00 bits per heavy atom. The van der Waals surface area contributed by atoms with Gasteiger partial charge in [0.15, 0.2) is 0 Å². The molecule has 0 bridgehead atoms. The van der Waals surface area contributed by atoms with E-state index in [0.717, 1.165) is 11.3 Å². The third kappa shape index (κ3) is 5.82. The fraction of sp³-hybridized carbons (Fsp3) is 0.409. The van der Waals surface area contributed by atoms with E-state index in [0.29, 0.717) is 24.4 Å². The normalized spacial score (nSPS) is 11.1. The predicted octanol–water partition coefficient (Wildman–Crippen LogP) is 4.81. The molecule has 1 amide bonds. The van der Waals surface area contributed by atoms with Crippen molar-refractivity contribution in [3.8, 4) is 17.3 Å². The molecule has 1 aromatic heterocycles. The van der Waals surface area contributed by atoms with Crippen LogP contribution in [-0.4, -0.2) is 23.2 Å². The molecule has 0 saturated heterocycles. The van der Waals surface area contributed by atoms with Crippen molar-refractivity contribution in [1.29, 1.82) is 5.26 Å². The summed E-state index contributed by atoms with van der Waals surface area (Å²) in [6.07, 6.45) is 1.89. The van der Waals surface area contributed by atoms with E-state index in [2.05, 4.69) is 42.4 Å². The zero-order chi connectivity index (χ0) is 20.0. The number of hydrogen-bond donors (Lipinski definition) is 1. The molecule has 0 spiro atoms. The van der Waals surface area contributed by atoms with E-state index >= 15 is 0 Å². The molecule has 0 atom stereocenters. The number of carbonyl (C=O) groups is 1. The Bertz CT molecular complexity index is 828. The van der Waals surface area contributed by atoms with Crippen molar-refractivity contribution in [1.82, 2.24) is 10.3 Å². The summed E-state index contributed by atoms with van der Waals surface area (Å²) in [6, 6.07) is 11.9. The summed E-state index contributed by atoms with van der Waals surface area (Å²) in [7, 11) is 0. The quantitative estimate of drug-likeness (QED) is 0.825. The molecule has 5 heteroatoms. The number of amides is 1. The highest BCUT2D eigenvalue weighted by Gasteiger charge is 2.17. The number of alkyl carbamates (subject to hydrolysis) is 1. The second-order valence-corrected chi connectivity index (χ2v) is 7.76. The minimum atomic E-state index is -0.506. The molecule has 1 heterocycles. The van der Waals surface area contributed by atoms with Crippen molar-refractivity contribution >= 4 is 6.09 Å². The minimum Gasteiger partial charge on any atom is -0.444 e. The Morgan fingerprint density at radius 3 is 2.56 bits per heavy atom. The minimum absolute atomic E-state index is 0.301. The lowest BCUT2D eigenvalue weighted by Crippen LogP contribution is -2.33. The molecular weight excluding hydrogens is 338 g/mol. The van der Waals surface area contributed by atoms with Crippen molar-refractivity contribution in [3.63, 3.8) is 0 Å². The van der Waals surface area contributed by atoms with Crippen molar-refractivity contribution in [2.45, 2.75) is 52.6 Å². The summed E-state index contributed by atoms with van der Waals surface area (Å²) in [6.45, 7) is 10.3. The monoisotopic (exact) mass is 365 g/mol. The van der Waals surface area contributed by atoms with Gasteiger partial charge in [0.1, 0.15) is 11.7 Å². The molecule has 5 nitrogen and oxygen atoms in total. The van der Waals surface area contributed by atoms with Crippen LogP contribution in [0.4, 0.5) is 4.79 Å². The first-order valence-corrected chi connectivity index (χ1v) is 9.16. The lowest BCUT2D eigenvalue weighted by Gasteiger charge is -2.20. The number of nitrogens with zero attached hydrogens (tertiary/aromatic N) is 2. The van der Waals surface area contributed by atoms with Gasteiger partial charge in [-0.3, -0.25) is 4.98 Å². The van der Waals surface area contributed by atoms with Crippen LogP contribution in [0, 0.1) is 11.3 Å². The molecule has 0 fully saturated rings. The summed E-state index contributed by atoms with van der Waals surface area (Å²) >= 11 is 0. The third-order valence-corrected chi connectivity index (χ3v) is 4.00. The Hall–Kier alpha value is -2.87. The van der Waals surface area contributed by atoms with Crippen molar-refractivity contribution in [2.24, 2.45) is 0 Å². The molecule has 0 saturated carbocycles. The molecule has 0 unspecified atom stereocenters. The fourth-order valence-corrected chi connectivity index (χ4v) is 2.97. The van der Waals surface area contributed by atoms with Gasteiger partial charge in [0.2, 0.25) is 0 Å². The molecule has 0 aliphatic rings. The Labute approximate surface area is 161 Å². The predicted molar refractivity (Wildman–Crippen MR) is 106 cm³/mol. The molecular formula is C22H27N3O2. The zero-order valence-electron chi connectivity index (χ0n) is 16.7. The molecule has 0 aliphatic heterocycles.